The van der Waals surface area contributed by atoms with E-state index in [-0.39, 0.29) is 11.5 Å². The summed E-state index contributed by atoms with van der Waals surface area (Å²) in [7, 11) is 3.46. The van der Waals surface area contributed by atoms with Gasteiger partial charge in [-0.3, -0.25) is 10.1 Å². The van der Waals surface area contributed by atoms with E-state index in [4.69, 9.17) is 0 Å². The first kappa shape index (κ1) is 15.4. The number of piperidine rings is 1. The highest BCUT2D eigenvalue weighted by Crippen LogP contribution is 2.30. The van der Waals surface area contributed by atoms with Crippen LogP contribution >= 0.6 is 0 Å². The molecule has 1 aromatic heterocycles. The Labute approximate surface area is 124 Å². The summed E-state index contributed by atoms with van der Waals surface area (Å²) in [5.41, 5.74) is -0.0684. The predicted octanol–water partition coefficient (Wildman–Crippen LogP) is 1.35. The Hall–Kier alpha value is -1.96. The van der Waals surface area contributed by atoms with Crippen molar-refractivity contribution in [3.63, 3.8) is 0 Å². The number of hydrogen-bond donors (Lipinski definition) is 1. The Morgan fingerprint density at radius 1 is 1.33 bits per heavy atom. The van der Waals surface area contributed by atoms with Crippen LogP contribution in [0.1, 0.15) is 19.3 Å². The summed E-state index contributed by atoms with van der Waals surface area (Å²) >= 11 is 0. The molecule has 2 rings (SSSR count). The lowest BCUT2D eigenvalue weighted by atomic mass is 10.1. The second-order valence-electron chi connectivity index (χ2n) is 5.38. The molecule has 0 atom stereocenters. The van der Waals surface area contributed by atoms with Crippen LogP contribution < -0.4 is 10.2 Å². The van der Waals surface area contributed by atoms with Crippen molar-refractivity contribution in [2.24, 2.45) is 0 Å². The van der Waals surface area contributed by atoms with Crippen LogP contribution in [0.15, 0.2) is 6.33 Å². The van der Waals surface area contributed by atoms with E-state index in [9.17, 15) is 10.1 Å². The van der Waals surface area contributed by atoms with Crippen molar-refractivity contribution < 1.29 is 4.92 Å². The number of nitrogens with one attached hydrogen (secondary N) is 1. The second-order valence-corrected chi connectivity index (χ2v) is 5.38. The van der Waals surface area contributed by atoms with Crippen LogP contribution in [0.25, 0.3) is 0 Å². The lowest BCUT2D eigenvalue weighted by Crippen LogP contribution is -2.33. The lowest BCUT2D eigenvalue weighted by molar-refractivity contribution is -0.383. The van der Waals surface area contributed by atoms with Gasteiger partial charge in [-0.1, -0.05) is 6.42 Å². The number of nitrogens with zero attached hydrogens (tertiary/aromatic N) is 5. The molecule has 0 bridgehead atoms. The number of aromatic nitrogens is 2. The summed E-state index contributed by atoms with van der Waals surface area (Å²) < 4.78 is 0. The van der Waals surface area contributed by atoms with E-state index < -0.39 is 4.92 Å². The van der Waals surface area contributed by atoms with Gasteiger partial charge in [0.05, 0.1) is 4.92 Å². The summed E-state index contributed by atoms with van der Waals surface area (Å²) in [5, 5.41) is 14.3. The minimum Gasteiger partial charge on any atom is -0.363 e. The van der Waals surface area contributed by atoms with Gasteiger partial charge in [0, 0.05) is 27.2 Å². The molecule has 0 aliphatic carbocycles. The van der Waals surface area contributed by atoms with Crippen molar-refractivity contribution in [2.75, 3.05) is 50.5 Å². The molecular formula is C13H22N6O2. The van der Waals surface area contributed by atoms with Gasteiger partial charge in [-0.2, -0.15) is 0 Å². The number of hydrogen-bond acceptors (Lipinski definition) is 7. The zero-order valence-corrected chi connectivity index (χ0v) is 12.6. The summed E-state index contributed by atoms with van der Waals surface area (Å²) in [6.07, 6.45) is 5.12. The zero-order chi connectivity index (χ0) is 15.2. The molecule has 0 saturated carbocycles. The molecule has 21 heavy (non-hydrogen) atoms. The average molecular weight is 294 g/mol. The molecule has 1 aliphatic rings. The van der Waals surface area contributed by atoms with E-state index >= 15 is 0 Å². The fraction of sp³-hybridized carbons (Fsp3) is 0.692. The number of likely N-dealkylation sites (tertiary alicyclic amines) is 1. The third-order valence-corrected chi connectivity index (χ3v) is 3.58. The third-order valence-electron chi connectivity index (χ3n) is 3.58. The highest BCUT2D eigenvalue weighted by molar-refractivity contribution is 5.69. The molecular weight excluding hydrogens is 272 g/mol. The minimum atomic E-state index is -0.432. The van der Waals surface area contributed by atoms with Gasteiger partial charge >= 0.3 is 5.69 Å². The van der Waals surface area contributed by atoms with Crippen LogP contribution in [0.2, 0.25) is 0 Å². The number of anilines is 2. The maximum absolute atomic E-state index is 11.3. The van der Waals surface area contributed by atoms with E-state index in [2.05, 4.69) is 20.2 Å². The first-order valence-electron chi connectivity index (χ1n) is 7.22. The summed E-state index contributed by atoms with van der Waals surface area (Å²) in [4.78, 5) is 22.8. The Bertz CT molecular complexity index is 488. The van der Waals surface area contributed by atoms with Crippen molar-refractivity contribution in [2.45, 2.75) is 19.3 Å². The van der Waals surface area contributed by atoms with Crippen LogP contribution in [-0.2, 0) is 0 Å². The molecule has 8 nitrogen and oxygen atoms in total. The monoisotopic (exact) mass is 294 g/mol. The number of rotatable bonds is 6. The molecule has 116 valence electrons. The van der Waals surface area contributed by atoms with E-state index in [1.54, 1.807) is 19.0 Å². The molecule has 8 heteroatoms. The Balaban J connectivity index is 2.01. The van der Waals surface area contributed by atoms with Gasteiger partial charge in [-0.25, -0.2) is 9.97 Å². The van der Waals surface area contributed by atoms with Crippen LogP contribution in [0.4, 0.5) is 17.3 Å². The van der Waals surface area contributed by atoms with Gasteiger partial charge in [0.1, 0.15) is 6.33 Å². The van der Waals surface area contributed by atoms with E-state index in [1.807, 2.05) is 0 Å². The summed E-state index contributed by atoms with van der Waals surface area (Å²) in [6, 6.07) is 0. The largest absolute Gasteiger partial charge is 0.363 e. The van der Waals surface area contributed by atoms with Crippen molar-refractivity contribution in [3.05, 3.63) is 16.4 Å². The second kappa shape index (κ2) is 7.16. The van der Waals surface area contributed by atoms with Crippen LogP contribution in [0.3, 0.4) is 0 Å². The lowest BCUT2D eigenvalue weighted by Gasteiger charge is -2.26. The van der Waals surface area contributed by atoms with Gasteiger partial charge in [-0.15, -0.1) is 0 Å². The minimum absolute atomic E-state index is 0.0684. The molecule has 1 aromatic rings. The average Bonchev–Trinajstić information content (AvgIpc) is 2.47. The third kappa shape index (κ3) is 4.01. The van der Waals surface area contributed by atoms with Crippen molar-refractivity contribution in [3.8, 4) is 0 Å². The van der Waals surface area contributed by atoms with Gasteiger partial charge in [0.25, 0.3) is 0 Å². The van der Waals surface area contributed by atoms with Crippen LogP contribution in [0, 0.1) is 10.1 Å². The molecule has 0 aromatic carbocycles. The molecule has 1 N–H and O–H groups in total. The summed E-state index contributed by atoms with van der Waals surface area (Å²) in [6.45, 7) is 3.73. The van der Waals surface area contributed by atoms with Crippen LogP contribution in [0.5, 0.6) is 0 Å². The molecule has 0 radical (unpaired) electrons. The highest BCUT2D eigenvalue weighted by atomic mass is 16.6. The molecule has 0 unspecified atom stereocenters. The maximum Gasteiger partial charge on any atom is 0.353 e. The molecule has 1 saturated heterocycles. The Morgan fingerprint density at radius 3 is 2.67 bits per heavy atom. The van der Waals surface area contributed by atoms with Crippen LogP contribution in [-0.4, -0.2) is 60.1 Å². The summed E-state index contributed by atoms with van der Waals surface area (Å²) in [5.74, 6) is 0.603. The van der Waals surface area contributed by atoms with Crippen molar-refractivity contribution in [1.29, 1.82) is 0 Å². The molecule has 2 heterocycles. The Morgan fingerprint density at radius 2 is 2.05 bits per heavy atom. The first-order chi connectivity index (χ1) is 10.1. The fourth-order valence-corrected chi connectivity index (χ4v) is 2.51. The van der Waals surface area contributed by atoms with Gasteiger partial charge in [0.15, 0.2) is 0 Å². The van der Waals surface area contributed by atoms with Crippen molar-refractivity contribution >= 4 is 17.3 Å². The maximum atomic E-state index is 11.3. The zero-order valence-electron chi connectivity index (χ0n) is 12.6. The molecule has 0 spiro atoms. The molecule has 1 fully saturated rings. The number of nitro groups is 1. The quantitative estimate of drug-likeness (QED) is 0.626. The van der Waals surface area contributed by atoms with E-state index in [1.165, 1.54) is 25.6 Å². The predicted molar refractivity (Wildman–Crippen MR) is 81.8 cm³/mol. The van der Waals surface area contributed by atoms with Crippen molar-refractivity contribution in [1.82, 2.24) is 14.9 Å². The van der Waals surface area contributed by atoms with E-state index in [0.717, 1.165) is 19.6 Å². The fourth-order valence-electron chi connectivity index (χ4n) is 2.51. The topological polar surface area (TPSA) is 87.4 Å². The van der Waals surface area contributed by atoms with E-state index in [0.29, 0.717) is 12.4 Å². The normalized spacial score (nSPS) is 15.7. The molecule has 0 amide bonds. The standard InChI is InChI=1S/C13H22N6O2/c1-17(2)13-11(19(20)21)12(15-10-16-13)14-6-9-18-7-4-3-5-8-18/h10H,3-9H2,1-2H3,(H,14,15,16). The smallest absolute Gasteiger partial charge is 0.353 e. The molecule has 1 aliphatic heterocycles. The first-order valence-corrected chi connectivity index (χ1v) is 7.22. The highest BCUT2D eigenvalue weighted by Gasteiger charge is 2.24. The SMILES string of the molecule is CN(C)c1ncnc(NCCN2CCCCC2)c1[N+](=O)[O-]. The van der Waals surface area contributed by atoms with Gasteiger partial charge in [-0.05, 0) is 25.9 Å². The van der Waals surface area contributed by atoms with Gasteiger partial charge in [0.2, 0.25) is 11.6 Å². The Kier molecular flexibility index (Phi) is 5.26. The van der Waals surface area contributed by atoms with Gasteiger partial charge < -0.3 is 15.1 Å².